The number of carbonyl (C=O) groups is 1. The average Bonchev–Trinajstić information content (AvgIpc) is 3.12. The number of hydrogen-bond acceptors (Lipinski definition) is 3. The number of nitrogens with zero attached hydrogens (tertiary/aromatic N) is 1. The molecule has 138 valence electrons. The number of carbonyl (C=O) groups excluding carboxylic acids is 1. The fourth-order valence-corrected chi connectivity index (χ4v) is 3.96. The van der Waals surface area contributed by atoms with Gasteiger partial charge in [0.25, 0.3) is 0 Å². The molecule has 2 fully saturated rings. The van der Waals surface area contributed by atoms with Crippen molar-refractivity contribution in [2.24, 2.45) is 5.92 Å². The van der Waals surface area contributed by atoms with E-state index >= 15 is 0 Å². The molecular formula is C21H32N2O2. The van der Waals surface area contributed by atoms with E-state index < -0.39 is 0 Å². The van der Waals surface area contributed by atoms with Crippen LogP contribution >= 0.6 is 0 Å². The summed E-state index contributed by atoms with van der Waals surface area (Å²) in [7, 11) is 0. The summed E-state index contributed by atoms with van der Waals surface area (Å²) >= 11 is 0. The molecule has 3 rings (SSSR count). The number of rotatable bonds is 6. The van der Waals surface area contributed by atoms with Crippen LogP contribution in [0.15, 0.2) is 24.3 Å². The van der Waals surface area contributed by atoms with E-state index in [1.165, 1.54) is 11.1 Å². The van der Waals surface area contributed by atoms with Crippen molar-refractivity contribution in [2.75, 3.05) is 26.2 Å². The van der Waals surface area contributed by atoms with Gasteiger partial charge in [0.05, 0.1) is 6.10 Å². The van der Waals surface area contributed by atoms with Gasteiger partial charge in [-0.05, 0) is 58.1 Å². The highest BCUT2D eigenvalue weighted by Crippen LogP contribution is 2.21. The predicted molar refractivity (Wildman–Crippen MR) is 101 cm³/mol. The molecule has 0 bridgehead atoms. The average molecular weight is 344 g/mol. The van der Waals surface area contributed by atoms with E-state index in [1.807, 2.05) is 0 Å². The third-order valence-corrected chi connectivity index (χ3v) is 5.52. The SMILES string of the molecule is Cc1ccc(CCN(CC2CCCO2)C(=O)[C@H]2CCN[C@@H](C)C2)cc1. The monoisotopic (exact) mass is 344 g/mol. The molecule has 4 heteroatoms. The molecule has 4 nitrogen and oxygen atoms in total. The van der Waals surface area contributed by atoms with Gasteiger partial charge < -0.3 is 15.0 Å². The van der Waals surface area contributed by atoms with Gasteiger partial charge in [-0.15, -0.1) is 0 Å². The van der Waals surface area contributed by atoms with Crippen molar-refractivity contribution in [1.82, 2.24) is 10.2 Å². The van der Waals surface area contributed by atoms with Crippen molar-refractivity contribution < 1.29 is 9.53 Å². The van der Waals surface area contributed by atoms with Gasteiger partial charge in [-0.1, -0.05) is 29.8 Å². The van der Waals surface area contributed by atoms with E-state index in [-0.39, 0.29) is 12.0 Å². The van der Waals surface area contributed by atoms with Crippen molar-refractivity contribution in [3.63, 3.8) is 0 Å². The van der Waals surface area contributed by atoms with Crippen molar-refractivity contribution in [1.29, 1.82) is 0 Å². The molecule has 0 aromatic heterocycles. The fraction of sp³-hybridized carbons (Fsp3) is 0.667. The first-order valence-corrected chi connectivity index (χ1v) is 9.81. The molecule has 0 spiro atoms. The van der Waals surface area contributed by atoms with E-state index in [9.17, 15) is 4.79 Å². The zero-order valence-corrected chi connectivity index (χ0v) is 15.7. The molecule has 2 heterocycles. The van der Waals surface area contributed by atoms with Crippen LogP contribution in [0.3, 0.4) is 0 Å². The summed E-state index contributed by atoms with van der Waals surface area (Å²) in [5.74, 6) is 0.492. The summed E-state index contributed by atoms with van der Waals surface area (Å²) in [5, 5.41) is 3.45. The Morgan fingerprint density at radius 1 is 1.28 bits per heavy atom. The normalized spacial score (nSPS) is 26.6. The lowest BCUT2D eigenvalue weighted by Gasteiger charge is -2.33. The van der Waals surface area contributed by atoms with Crippen LogP contribution in [0.1, 0.15) is 43.7 Å². The van der Waals surface area contributed by atoms with Crippen LogP contribution in [0.25, 0.3) is 0 Å². The molecule has 1 aromatic rings. The highest BCUT2D eigenvalue weighted by atomic mass is 16.5. The highest BCUT2D eigenvalue weighted by Gasteiger charge is 2.30. The summed E-state index contributed by atoms with van der Waals surface area (Å²) in [4.78, 5) is 15.2. The van der Waals surface area contributed by atoms with Crippen LogP contribution in [0, 0.1) is 12.8 Å². The Morgan fingerprint density at radius 2 is 2.08 bits per heavy atom. The van der Waals surface area contributed by atoms with E-state index in [2.05, 4.69) is 48.3 Å². The summed E-state index contributed by atoms with van der Waals surface area (Å²) in [6.07, 6.45) is 5.24. The van der Waals surface area contributed by atoms with Crippen molar-refractivity contribution in [2.45, 2.75) is 58.1 Å². The van der Waals surface area contributed by atoms with Gasteiger partial charge in [0.15, 0.2) is 0 Å². The zero-order valence-electron chi connectivity index (χ0n) is 15.7. The molecule has 2 aliphatic heterocycles. The Bertz CT molecular complexity index is 552. The van der Waals surface area contributed by atoms with Gasteiger partial charge in [0.2, 0.25) is 5.91 Å². The Hall–Kier alpha value is -1.39. The molecule has 0 saturated carbocycles. The second-order valence-electron chi connectivity index (χ2n) is 7.73. The van der Waals surface area contributed by atoms with Gasteiger partial charge in [-0.25, -0.2) is 0 Å². The first-order chi connectivity index (χ1) is 12.1. The number of piperidine rings is 1. The van der Waals surface area contributed by atoms with E-state index in [0.717, 1.165) is 58.3 Å². The lowest BCUT2D eigenvalue weighted by molar-refractivity contribution is -0.138. The third kappa shape index (κ3) is 5.29. The molecule has 1 N–H and O–H groups in total. The Balaban J connectivity index is 1.63. The Morgan fingerprint density at radius 3 is 2.76 bits per heavy atom. The Labute approximate surface area is 151 Å². The standard InChI is InChI=1S/C21H32N2O2/c1-16-5-7-18(8-6-16)10-12-23(15-20-4-3-13-25-20)21(24)19-9-11-22-17(2)14-19/h5-8,17,19-20,22H,3-4,9-15H2,1-2H3/t17-,19-,20?/m0/s1. The van der Waals surface area contributed by atoms with Crippen molar-refractivity contribution in [3.8, 4) is 0 Å². The van der Waals surface area contributed by atoms with Gasteiger partial charge in [-0.2, -0.15) is 0 Å². The van der Waals surface area contributed by atoms with Crippen molar-refractivity contribution in [3.05, 3.63) is 35.4 Å². The molecule has 0 aliphatic carbocycles. The van der Waals surface area contributed by atoms with Crippen LogP contribution in [0.5, 0.6) is 0 Å². The minimum absolute atomic E-state index is 0.163. The third-order valence-electron chi connectivity index (χ3n) is 5.52. The number of benzene rings is 1. The van der Waals surface area contributed by atoms with Crippen LogP contribution in [-0.2, 0) is 16.0 Å². The topological polar surface area (TPSA) is 41.6 Å². The minimum Gasteiger partial charge on any atom is -0.376 e. The largest absolute Gasteiger partial charge is 0.376 e. The molecule has 3 atom stereocenters. The second-order valence-corrected chi connectivity index (χ2v) is 7.73. The molecule has 0 radical (unpaired) electrons. The predicted octanol–water partition coefficient (Wildman–Crippen LogP) is 2.93. The van der Waals surface area contributed by atoms with Crippen LogP contribution in [-0.4, -0.2) is 49.2 Å². The summed E-state index contributed by atoms with van der Waals surface area (Å²) in [6.45, 7) is 7.62. The summed E-state index contributed by atoms with van der Waals surface area (Å²) < 4.78 is 5.80. The summed E-state index contributed by atoms with van der Waals surface area (Å²) in [6, 6.07) is 9.09. The number of aryl methyl sites for hydroxylation is 1. The fourth-order valence-electron chi connectivity index (χ4n) is 3.96. The molecule has 2 aliphatic rings. The smallest absolute Gasteiger partial charge is 0.225 e. The van der Waals surface area contributed by atoms with Gasteiger partial charge in [0.1, 0.15) is 0 Å². The molecule has 1 unspecified atom stereocenters. The van der Waals surface area contributed by atoms with Crippen LogP contribution in [0.2, 0.25) is 0 Å². The minimum atomic E-state index is 0.163. The lowest BCUT2D eigenvalue weighted by Crippen LogP contribution is -2.46. The van der Waals surface area contributed by atoms with Crippen LogP contribution in [0.4, 0.5) is 0 Å². The molecule has 1 aromatic carbocycles. The van der Waals surface area contributed by atoms with E-state index in [0.29, 0.717) is 11.9 Å². The first-order valence-electron chi connectivity index (χ1n) is 9.81. The zero-order chi connectivity index (χ0) is 17.6. The maximum atomic E-state index is 13.1. The number of amides is 1. The number of ether oxygens (including phenoxy) is 1. The van der Waals surface area contributed by atoms with Gasteiger partial charge >= 0.3 is 0 Å². The molecule has 1 amide bonds. The van der Waals surface area contributed by atoms with E-state index in [4.69, 9.17) is 4.74 Å². The Kier molecular flexibility index (Phi) is 6.49. The number of hydrogen-bond donors (Lipinski definition) is 1. The maximum Gasteiger partial charge on any atom is 0.225 e. The second kappa shape index (κ2) is 8.81. The van der Waals surface area contributed by atoms with Gasteiger partial charge in [0, 0.05) is 31.7 Å². The molecule has 25 heavy (non-hydrogen) atoms. The lowest BCUT2D eigenvalue weighted by atomic mass is 9.91. The molecule has 2 saturated heterocycles. The number of nitrogens with one attached hydrogen (secondary N) is 1. The maximum absolute atomic E-state index is 13.1. The quantitative estimate of drug-likeness (QED) is 0.863. The van der Waals surface area contributed by atoms with Gasteiger partial charge in [-0.3, -0.25) is 4.79 Å². The van der Waals surface area contributed by atoms with E-state index in [1.54, 1.807) is 0 Å². The first kappa shape index (κ1) is 18.4. The highest BCUT2D eigenvalue weighted by molar-refractivity contribution is 5.79. The van der Waals surface area contributed by atoms with Crippen LogP contribution < -0.4 is 5.32 Å². The molecular weight excluding hydrogens is 312 g/mol. The van der Waals surface area contributed by atoms with Crippen molar-refractivity contribution >= 4 is 5.91 Å². The summed E-state index contributed by atoms with van der Waals surface area (Å²) in [5.41, 5.74) is 2.58.